The first-order valence-electron chi connectivity index (χ1n) is 6.62. The van der Waals surface area contributed by atoms with Crippen LogP contribution in [0.15, 0.2) is 10.6 Å². The lowest BCUT2D eigenvalue weighted by Crippen LogP contribution is -2.30. The Kier molecular flexibility index (Phi) is 4.18. The van der Waals surface area contributed by atoms with Gasteiger partial charge < -0.3 is 15.1 Å². The quantitative estimate of drug-likeness (QED) is 0.845. The van der Waals surface area contributed by atoms with Crippen LogP contribution in [0.25, 0.3) is 0 Å². The van der Waals surface area contributed by atoms with E-state index in [1.54, 1.807) is 0 Å². The molecule has 2 rings (SSSR count). The minimum absolute atomic E-state index is 0.134. The second kappa shape index (κ2) is 5.65. The molecule has 17 heavy (non-hydrogen) atoms. The van der Waals surface area contributed by atoms with Crippen LogP contribution >= 0.6 is 0 Å². The SMILES string of the molecule is CCN1CCCC1Cc1ncc(CC(C)N)o1. The number of nitrogens with two attached hydrogens (primary N) is 1. The summed E-state index contributed by atoms with van der Waals surface area (Å²) in [7, 11) is 0. The van der Waals surface area contributed by atoms with E-state index in [1.807, 2.05) is 13.1 Å². The molecule has 96 valence electrons. The second-order valence-electron chi connectivity index (χ2n) is 5.03. The Labute approximate surface area is 103 Å². The average molecular weight is 237 g/mol. The van der Waals surface area contributed by atoms with E-state index in [2.05, 4.69) is 16.8 Å². The normalized spacial score (nSPS) is 23.1. The van der Waals surface area contributed by atoms with E-state index in [4.69, 9.17) is 10.2 Å². The fourth-order valence-corrected chi connectivity index (χ4v) is 2.60. The topological polar surface area (TPSA) is 55.3 Å². The first-order valence-corrected chi connectivity index (χ1v) is 6.62. The van der Waals surface area contributed by atoms with Crippen molar-refractivity contribution < 1.29 is 4.42 Å². The van der Waals surface area contributed by atoms with Crippen LogP contribution in [0.3, 0.4) is 0 Å². The van der Waals surface area contributed by atoms with E-state index in [0.717, 1.165) is 31.0 Å². The number of likely N-dealkylation sites (tertiary alicyclic amines) is 1. The minimum atomic E-state index is 0.134. The highest BCUT2D eigenvalue weighted by molar-refractivity contribution is 4.98. The van der Waals surface area contributed by atoms with E-state index >= 15 is 0 Å². The smallest absolute Gasteiger partial charge is 0.195 e. The molecule has 2 heterocycles. The second-order valence-corrected chi connectivity index (χ2v) is 5.03. The van der Waals surface area contributed by atoms with Crippen LogP contribution in [-0.2, 0) is 12.8 Å². The zero-order valence-corrected chi connectivity index (χ0v) is 10.9. The van der Waals surface area contributed by atoms with E-state index in [-0.39, 0.29) is 6.04 Å². The number of oxazole rings is 1. The van der Waals surface area contributed by atoms with Gasteiger partial charge in [-0.2, -0.15) is 0 Å². The van der Waals surface area contributed by atoms with Crippen LogP contribution in [-0.4, -0.2) is 35.1 Å². The van der Waals surface area contributed by atoms with Crippen molar-refractivity contribution >= 4 is 0 Å². The monoisotopic (exact) mass is 237 g/mol. The van der Waals surface area contributed by atoms with Gasteiger partial charge >= 0.3 is 0 Å². The minimum Gasteiger partial charge on any atom is -0.446 e. The Balaban J connectivity index is 1.92. The molecule has 0 aliphatic carbocycles. The summed E-state index contributed by atoms with van der Waals surface area (Å²) in [4.78, 5) is 6.86. The molecule has 0 radical (unpaired) electrons. The van der Waals surface area contributed by atoms with Crippen molar-refractivity contribution in [1.29, 1.82) is 0 Å². The summed E-state index contributed by atoms with van der Waals surface area (Å²) in [5, 5.41) is 0. The molecular weight excluding hydrogens is 214 g/mol. The van der Waals surface area contributed by atoms with Crippen LogP contribution in [0.4, 0.5) is 0 Å². The highest BCUT2D eigenvalue weighted by Gasteiger charge is 2.24. The van der Waals surface area contributed by atoms with Gasteiger partial charge in [0.15, 0.2) is 5.89 Å². The predicted molar refractivity (Wildman–Crippen MR) is 67.8 cm³/mol. The molecule has 1 aromatic rings. The zero-order chi connectivity index (χ0) is 12.3. The van der Waals surface area contributed by atoms with Crippen molar-refractivity contribution in [1.82, 2.24) is 9.88 Å². The molecule has 1 aromatic heterocycles. The molecule has 1 fully saturated rings. The fraction of sp³-hybridized carbons (Fsp3) is 0.769. The lowest BCUT2D eigenvalue weighted by atomic mass is 10.1. The van der Waals surface area contributed by atoms with Crippen molar-refractivity contribution in [3.8, 4) is 0 Å². The van der Waals surface area contributed by atoms with E-state index in [9.17, 15) is 0 Å². The molecule has 0 bridgehead atoms. The molecule has 2 N–H and O–H groups in total. The number of aromatic nitrogens is 1. The maximum Gasteiger partial charge on any atom is 0.195 e. The van der Waals surface area contributed by atoms with Crippen LogP contribution in [0.5, 0.6) is 0 Å². The van der Waals surface area contributed by atoms with Gasteiger partial charge in [-0.1, -0.05) is 6.92 Å². The van der Waals surface area contributed by atoms with E-state index in [1.165, 1.54) is 19.4 Å². The van der Waals surface area contributed by atoms with Gasteiger partial charge in [-0.15, -0.1) is 0 Å². The molecule has 1 aliphatic rings. The van der Waals surface area contributed by atoms with Crippen molar-refractivity contribution in [3.05, 3.63) is 17.8 Å². The molecule has 4 nitrogen and oxygen atoms in total. The Morgan fingerprint density at radius 3 is 3.18 bits per heavy atom. The molecule has 1 saturated heterocycles. The number of hydrogen-bond donors (Lipinski definition) is 1. The maximum absolute atomic E-state index is 5.74. The molecule has 2 unspecified atom stereocenters. The molecule has 4 heteroatoms. The summed E-state index contributed by atoms with van der Waals surface area (Å²) in [6.07, 6.45) is 6.09. The number of rotatable bonds is 5. The third kappa shape index (κ3) is 3.30. The average Bonchev–Trinajstić information content (AvgIpc) is 2.87. The highest BCUT2D eigenvalue weighted by atomic mass is 16.4. The van der Waals surface area contributed by atoms with E-state index in [0.29, 0.717) is 6.04 Å². The van der Waals surface area contributed by atoms with Gasteiger partial charge in [0.05, 0.1) is 6.20 Å². The zero-order valence-electron chi connectivity index (χ0n) is 10.9. The van der Waals surface area contributed by atoms with Crippen LogP contribution in [0.1, 0.15) is 38.3 Å². The number of nitrogens with zero attached hydrogens (tertiary/aromatic N) is 2. The maximum atomic E-state index is 5.74. The van der Waals surface area contributed by atoms with Crippen molar-refractivity contribution in [2.45, 2.75) is 51.6 Å². The van der Waals surface area contributed by atoms with Crippen LogP contribution in [0, 0.1) is 0 Å². The van der Waals surface area contributed by atoms with Gasteiger partial charge in [-0.3, -0.25) is 0 Å². The first-order chi connectivity index (χ1) is 8.19. The van der Waals surface area contributed by atoms with Crippen molar-refractivity contribution in [3.63, 3.8) is 0 Å². The lowest BCUT2D eigenvalue weighted by Gasteiger charge is -2.21. The Bertz CT molecular complexity index is 348. The molecular formula is C13H23N3O. The Morgan fingerprint density at radius 1 is 1.65 bits per heavy atom. The van der Waals surface area contributed by atoms with Gasteiger partial charge in [0.25, 0.3) is 0 Å². The summed E-state index contributed by atoms with van der Waals surface area (Å²) >= 11 is 0. The van der Waals surface area contributed by atoms with Crippen LogP contribution < -0.4 is 5.73 Å². The summed E-state index contributed by atoms with van der Waals surface area (Å²) < 4.78 is 5.73. The summed E-state index contributed by atoms with van der Waals surface area (Å²) in [6.45, 7) is 6.54. The van der Waals surface area contributed by atoms with Crippen LogP contribution in [0.2, 0.25) is 0 Å². The Morgan fingerprint density at radius 2 is 2.47 bits per heavy atom. The molecule has 2 atom stereocenters. The lowest BCUT2D eigenvalue weighted by molar-refractivity contribution is 0.252. The van der Waals surface area contributed by atoms with Gasteiger partial charge in [-0.25, -0.2) is 4.98 Å². The third-order valence-electron chi connectivity index (χ3n) is 3.44. The molecule has 0 amide bonds. The van der Waals surface area contributed by atoms with E-state index < -0.39 is 0 Å². The van der Waals surface area contributed by atoms with Gasteiger partial charge in [0, 0.05) is 24.9 Å². The number of likely N-dealkylation sites (N-methyl/N-ethyl adjacent to an activating group) is 1. The molecule has 1 aliphatic heterocycles. The predicted octanol–water partition coefficient (Wildman–Crippen LogP) is 1.59. The molecule has 0 spiro atoms. The molecule has 0 saturated carbocycles. The van der Waals surface area contributed by atoms with Gasteiger partial charge in [0.1, 0.15) is 5.76 Å². The summed E-state index contributed by atoms with van der Waals surface area (Å²) in [5.74, 6) is 1.78. The summed E-state index contributed by atoms with van der Waals surface area (Å²) in [5.41, 5.74) is 5.74. The largest absolute Gasteiger partial charge is 0.446 e. The highest BCUT2D eigenvalue weighted by Crippen LogP contribution is 2.20. The third-order valence-corrected chi connectivity index (χ3v) is 3.44. The standard InChI is InChI=1S/C13H23N3O/c1-3-16-6-4-5-11(16)8-13-15-9-12(17-13)7-10(2)14/h9-11H,3-8,14H2,1-2H3. The number of hydrogen-bond acceptors (Lipinski definition) is 4. The molecule has 0 aromatic carbocycles. The Hall–Kier alpha value is -0.870. The van der Waals surface area contributed by atoms with Gasteiger partial charge in [0.2, 0.25) is 0 Å². The fourth-order valence-electron chi connectivity index (χ4n) is 2.60. The van der Waals surface area contributed by atoms with Gasteiger partial charge in [-0.05, 0) is 32.9 Å². The first kappa shape index (κ1) is 12.6. The van der Waals surface area contributed by atoms with Crippen molar-refractivity contribution in [2.24, 2.45) is 5.73 Å². The van der Waals surface area contributed by atoms with Crippen molar-refractivity contribution in [2.75, 3.05) is 13.1 Å². The summed E-state index contributed by atoms with van der Waals surface area (Å²) in [6, 6.07) is 0.747.